The van der Waals surface area contributed by atoms with Crippen molar-refractivity contribution in [2.24, 2.45) is 0 Å². The highest BCUT2D eigenvalue weighted by molar-refractivity contribution is 5.96. The molecule has 2 fully saturated rings. The van der Waals surface area contributed by atoms with Crippen molar-refractivity contribution in [3.05, 3.63) is 29.8 Å². The number of carbonyl (C=O) groups is 2. The minimum atomic E-state index is -0.103. The van der Waals surface area contributed by atoms with Crippen LogP contribution in [0.2, 0.25) is 0 Å². The fourth-order valence-corrected chi connectivity index (χ4v) is 3.42. The number of benzene rings is 1. The molecule has 0 unspecified atom stereocenters. The monoisotopic (exact) mass is 374 g/mol. The third-order valence-electron chi connectivity index (χ3n) is 5.15. The van der Waals surface area contributed by atoms with Crippen molar-refractivity contribution < 1.29 is 14.3 Å². The first kappa shape index (κ1) is 19.6. The van der Waals surface area contributed by atoms with Gasteiger partial charge in [0, 0.05) is 45.0 Å². The van der Waals surface area contributed by atoms with Gasteiger partial charge in [0.1, 0.15) is 6.54 Å². The van der Waals surface area contributed by atoms with Crippen molar-refractivity contribution in [3.63, 3.8) is 0 Å². The zero-order valence-corrected chi connectivity index (χ0v) is 16.3. The second-order valence-electron chi connectivity index (χ2n) is 7.41. The Kier molecular flexibility index (Phi) is 6.68. The Morgan fingerprint density at radius 1 is 1.11 bits per heavy atom. The van der Waals surface area contributed by atoms with E-state index in [1.54, 1.807) is 9.80 Å². The first-order chi connectivity index (χ1) is 13.0. The number of anilines is 1. The maximum atomic E-state index is 12.6. The number of amides is 3. The maximum Gasteiger partial charge on any atom is 0.325 e. The molecule has 2 aliphatic rings. The minimum Gasteiger partial charge on any atom is -0.379 e. The average molecular weight is 374 g/mol. The van der Waals surface area contributed by atoms with Crippen molar-refractivity contribution >= 4 is 17.6 Å². The molecule has 0 atom stereocenters. The van der Waals surface area contributed by atoms with Crippen molar-refractivity contribution in [2.45, 2.75) is 19.8 Å². The molecule has 0 radical (unpaired) electrons. The van der Waals surface area contributed by atoms with Crippen LogP contribution in [-0.2, 0) is 9.53 Å². The second-order valence-corrected chi connectivity index (χ2v) is 7.41. The Morgan fingerprint density at radius 3 is 2.48 bits per heavy atom. The second kappa shape index (κ2) is 9.19. The van der Waals surface area contributed by atoms with Gasteiger partial charge in [-0.25, -0.2) is 4.79 Å². The topological polar surface area (TPSA) is 65.1 Å². The third kappa shape index (κ3) is 5.20. The van der Waals surface area contributed by atoms with Gasteiger partial charge in [0.05, 0.1) is 13.2 Å². The number of nitrogens with one attached hydrogen (secondary N) is 1. The Bertz CT molecular complexity index is 641. The Balaban J connectivity index is 1.44. The van der Waals surface area contributed by atoms with Crippen molar-refractivity contribution in [1.29, 1.82) is 0 Å². The summed E-state index contributed by atoms with van der Waals surface area (Å²) in [6.45, 7) is 10.3. The van der Waals surface area contributed by atoms with E-state index in [4.69, 9.17) is 4.74 Å². The summed E-state index contributed by atoms with van der Waals surface area (Å²) in [5.41, 5.74) is 2.14. The number of urea groups is 1. The summed E-state index contributed by atoms with van der Waals surface area (Å²) in [6, 6.07) is 8.00. The third-order valence-corrected chi connectivity index (χ3v) is 5.15. The summed E-state index contributed by atoms with van der Waals surface area (Å²) >= 11 is 0. The molecule has 2 heterocycles. The van der Waals surface area contributed by atoms with E-state index in [0.717, 1.165) is 38.5 Å². The molecule has 0 aliphatic carbocycles. The van der Waals surface area contributed by atoms with Crippen LogP contribution < -0.4 is 10.2 Å². The molecular weight excluding hydrogens is 344 g/mol. The van der Waals surface area contributed by atoms with Gasteiger partial charge in [-0.15, -0.1) is 0 Å². The van der Waals surface area contributed by atoms with Gasteiger partial charge >= 0.3 is 6.03 Å². The van der Waals surface area contributed by atoms with Gasteiger partial charge in [-0.3, -0.25) is 14.6 Å². The van der Waals surface area contributed by atoms with E-state index in [0.29, 0.717) is 25.6 Å². The van der Waals surface area contributed by atoms with Gasteiger partial charge in [0.25, 0.3) is 0 Å². The standard InChI is InChI=1S/C20H30N4O3/c1-16(2)17-3-5-18(6-4-17)24-10-9-23(20(24)26)15-19(25)21-7-8-22-11-13-27-14-12-22/h3-6,16H,7-15H2,1-2H3,(H,21,25). The lowest BCUT2D eigenvalue weighted by atomic mass is 10.0. The van der Waals surface area contributed by atoms with Gasteiger partial charge in [-0.2, -0.15) is 0 Å². The first-order valence-corrected chi connectivity index (χ1v) is 9.78. The Morgan fingerprint density at radius 2 is 1.81 bits per heavy atom. The minimum absolute atomic E-state index is 0.101. The molecule has 27 heavy (non-hydrogen) atoms. The van der Waals surface area contributed by atoms with Crippen LogP contribution >= 0.6 is 0 Å². The number of morpholine rings is 1. The van der Waals surface area contributed by atoms with Crippen molar-refractivity contribution in [3.8, 4) is 0 Å². The highest BCUT2D eigenvalue weighted by atomic mass is 16.5. The average Bonchev–Trinajstić information content (AvgIpc) is 3.03. The number of nitrogens with zero attached hydrogens (tertiary/aromatic N) is 3. The summed E-state index contributed by atoms with van der Waals surface area (Å²) in [4.78, 5) is 30.4. The van der Waals surface area contributed by atoms with Crippen LogP contribution in [0.4, 0.5) is 10.5 Å². The molecule has 2 saturated heterocycles. The lowest BCUT2D eigenvalue weighted by Gasteiger charge is -2.26. The number of carbonyl (C=O) groups excluding carboxylic acids is 2. The number of ether oxygens (including phenoxy) is 1. The van der Waals surface area contributed by atoms with Gasteiger partial charge < -0.3 is 15.0 Å². The lowest BCUT2D eigenvalue weighted by Crippen LogP contribution is -2.44. The molecule has 0 aromatic heterocycles. The van der Waals surface area contributed by atoms with E-state index in [1.807, 2.05) is 12.1 Å². The Hall–Kier alpha value is -2.12. The van der Waals surface area contributed by atoms with Crippen LogP contribution in [0.25, 0.3) is 0 Å². The Labute approximate surface area is 161 Å². The number of hydrogen-bond acceptors (Lipinski definition) is 4. The lowest BCUT2D eigenvalue weighted by molar-refractivity contribution is -0.121. The van der Waals surface area contributed by atoms with E-state index >= 15 is 0 Å². The van der Waals surface area contributed by atoms with Gasteiger partial charge in [0.2, 0.25) is 5.91 Å². The van der Waals surface area contributed by atoms with Crippen LogP contribution in [-0.4, -0.2) is 80.8 Å². The molecule has 1 aromatic rings. The predicted octanol–water partition coefficient (Wildman–Crippen LogP) is 1.50. The molecule has 7 heteroatoms. The van der Waals surface area contributed by atoms with E-state index in [2.05, 4.69) is 36.2 Å². The van der Waals surface area contributed by atoms with E-state index in [9.17, 15) is 9.59 Å². The zero-order chi connectivity index (χ0) is 19.2. The van der Waals surface area contributed by atoms with Crippen molar-refractivity contribution in [1.82, 2.24) is 15.1 Å². The molecule has 0 saturated carbocycles. The summed E-state index contributed by atoms with van der Waals surface area (Å²) in [5.74, 6) is 0.361. The van der Waals surface area contributed by atoms with Gasteiger partial charge in [-0.1, -0.05) is 26.0 Å². The van der Waals surface area contributed by atoms with Gasteiger partial charge in [-0.05, 0) is 23.6 Å². The SMILES string of the molecule is CC(C)c1ccc(N2CCN(CC(=O)NCCN3CCOCC3)C2=O)cc1. The summed E-state index contributed by atoms with van der Waals surface area (Å²) in [6.07, 6.45) is 0. The molecular formula is C20H30N4O3. The van der Waals surface area contributed by atoms with E-state index < -0.39 is 0 Å². The number of rotatable bonds is 7. The fourth-order valence-electron chi connectivity index (χ4n) is 3.42. The van der Waals surface area contributed by atoms with Crippen LogP contribution in [0.5, 0.6) is 0 Å². The first-order valence-electron chi connectivity index (χ1n) is 9.78. The quantitative estimate of drug-likeness (QED) is 0.786. The molecule has 148 valence electrons. The smallest absolute Gasteiger partial charge is 0.325 e. The fraction of sp³-hybridized carbons (Fsp3) is 0.600. The molecule has 7 nitrogen and oxygen atoms in total. The summed E-state index contributed by atoms with van der Waals surface area (Å²) < 4.78 is 5.31. The summed E-state index contributed by atoms with van der Waals surface area (Å²) in [5, 5.41) is 2.92. The normalized spacial score (nSPS) is 18.4. The predicted molar refractivity (Wildman–Crippen MR) is 105 cm³/mol. The van der Waals surface area contributed by atoms with E-state index in [1.165, 1.54) is 5.56 Å². The molecule has 3 amide bonds. The molecule has 3 rings (SSSR count). The summed E-state index contributed by atoms with van der Waals surface area (Å²) in [7, 11) is 0. The maximum absolute atomic E-state index is 12.6. The number of hydrogen-bond donors (Lipinski definition) is 1. The van der Waals surface area contributed by atoms with Crippen LogP contribution in [0, 0.1) is 0 Å². The molecule has 2 aliphatic heterocycles. The van der Waals surface area contributed by atoms with Gasteiger partial charge in [0.15, 0.2) is 0 Å². The van der Waals surface area contributed by atoms with Crippen LogP contribution in [0.1, 0.15) is 25.3 Å². The molecule has 1 aromatic carbocycles. The molecule has 0 bridgehead atoms. The molecule has 1 N–H and O–H groups in total. The largest absolute Gasteiger partial charge is 0.379 e. The highest BCUT2D eigenvalue weighted by Crippen LogP contribution is 2.23. The van der Waals surface area contributed by atoms with Crippen LogP contribution in [0.3, 0.4) is 0 Å². The molecule has 0 spiro atoms. The zero-order valence-electron chi connectivity index (χ0n) is 16.3. The van der Waals surface area contributed by atoms with Crippen molar-refractivity contribution in [2.75, 3.05) is 63.9 Å². The van der Waals surface area contributed by atoms with E-state index in [-0.39, 0.29) is 18.5 Å². The van der Waals surface area contributed by atoms with Crippen LogP contribution in [0.15, 0.2) is 24.3 Å². The highest BCUT2D eigenvalue weighted by Gasteiger charge is 2.30.